The van der Waals surface area contributed by atoms with Crippen LogP contribution in [-0.2, 0) is 18.3 Å². The third kappa shape index (κ3) is 4.19. The highest BCUT2D eigenvalue weighted by Crippen LogP contribution is 2.37. The number of carbonyl (C=O) groups is 1. The Bertz CT molecular complexity index is 1050. The normalized spacial score (nSPS) is 15.8. The van der Waals surface area contributed by atoms with Gasteiger partial charge in [0, 0.05) is 41.6 Å². The molecule has 162 valence electrons. The zero-order chi connectivity index (χ0) is 22.0. The van der Waals surface area contributed by atoms with Gasteiger partial charge in [-0.15, -0.1) is 0 Å². The summed E-state index contributed by atoms with van der Waals surface area (Å²) in [5.41, 5.74) is 7.47. The number of hydrogen-bond donors (Lipinski definition) is 0. The molecule has 1 aliphatic heterocycles. The van der Waals surface area contributed by atoms with E-state index in [2.05, 4.69) is 68.8 Å². The molecule has 1 fully saturated rings. The summed E-state index contributed by atoms with van der Waals surface area (Å²) in [5.74, 6) is 0.154. The highest BCUT2D eigenvalue weighted by molar-refractivity contribution is 5.94. The summed E-state index contributed by atoms with van der Waals surface area (Å²) < 4.78 is 2.38. The third-order valence-corrected chi connectivity index (χ3v) is 7.01. The van der Waals surface area contributed by atoms with Gasteiger partial charge >= 0.3 is 0 Å². The number of amides is 1. The number of aryl methyl sites for hydroxylation is 3. The minimum atomic E-state index is 0.0575. The molecule has 2 heterocycles. The van der Waals surface area contributed by atoms with E-state index in [-0.39, 0.29) is 11.3 Å². The molecule has 0 unspecified atom stereocenters. The van der Waals surface area contributed by atoms with Crippen molar-refractivity contribution in [2.24, 2.45) is 0 Å². The summed E-state index contributed by atoms with van der Waals surface area (Å²) in [6, 6.07) is 19.2. The summed E-state index contributed by atoms with van der Waals surface area (Å²) >= 11 is 0. The van der Waals surface area contributed by atoms with Gasteiger partial charge < -0.3 is 9.47 Å². The smallest absolute Gasteiger partial charge is 0.253 e. The maximum absolute atomic E-state index is 13.0. The fraction of sp³-hybridized carbons (Fsp3) is 0.393. The van der Waals surface area contributed by atoms with Crippen molar-refractivity contribution >= 4 is 5.91 Å². The number of benzene rings is 2. The number of aromatic nitrogens is 1. The van der Waals surface area contributed by atoms with Crippen LogP contribution in [0.1, 0.15) is 66.4 Å². The van der Waals surface area contributed by atoms with Gasteiger partial charge in [0.25, 0.3) is 5.91 Å². The van der Waals surface area contributed by atoms with Crippen molar-refractivity contribution in [1.29, 1.82) is 0 Å². The Morgan fingerprint density at radius 1 is 0.968 bits per heavy atom. The second-order valence-corrected chi connectivity index (χ2v) is 9.15. The standard InChI is InChI=1S/C28H34N2O/c1-5-22-11-14-25(23(6-2)20-22)30-17-7-8-26(30)28(4)15-18-29(19-16-28)27(31)24-12-9-21(3)10-13-24/h7-14,17,20H,5-6,15-16,18-19H2,1-4H3. The van der Waals surface area contributed by atoms with Crippen LogP contribution in [0.5, 0.6) is 0 Å². The van der Waals surface area contributed by atoms with Gasteiger partial charge in [-0.3, -0.25) is 4.79 Å². The predicted molar refractivity (Wildman–Crippen MR) is 128 cm³/mol. The van der Waals surface area contributed by atoms with Crippen molar-refractivity contribution in [2.45, 2.75) is 58.8 Å². The molecule has 3 nitrogen and oxygen atoms in total. The molecule has 31 heavy (non-hydrogen) atoms. The number of carbonyl (C=O) groups excluding carboxylic acids is 1. The Morgan fingerprint density at radius 3 is 2.32 bits per heavy atom. The molecule has 0 radical (unpaired) electrons. The summed E-state index contributed by atoms with van der Waals surface area (Å²) in [4.78, 5) is 15.0. The van der Waals surface area contributed by atoms with E-state index in [1.165, 1.54) is 28.1 Å². The molecule has 2 aromatic carbocycles. The lowest BCUT2D eigenvalue weighted by atomic mass is 9.77. The average Bonchev–Trinajstić information content (AvgIpc) is 3.30. The molecule has 0 atom stereocenters. The summed E-state index contributed by atoms with van der Waals surface area (Å²) in [6.07, 6.45) is 6.24. The van der Waals surface area contributed by atoms with Gasteiger partial charge in [-0.1, -0.05) is 50.6 Å². The minimum absolute atomic E-state index is 0.0575. The molecule has 0 N–H and O–H groups in total. The van der Waals surface area contributed by atoms with Crippen molar-refractivity contribution in [1.82, 2.24) is 9.47 Å². The number of hydrogen-bond acceptors (Lipinski definition) is 1. The SMILES string of the molecule is CCc1ccc(-n2cccc2C2(C)CCN(C(=O)c3ccc(C)cc3)CC2)c(CC)c1. The molecule has 0 bridgehead atoms. The van der Waals surface area contributed by atoms with Gasteiger partial charge in [0.05, 0.1) is 0 Å². The van der Waals surface area contributed by atoms with Crippen LogP contribution in [-0.4, -0.2) is 28.5 Å². The van der Waals surface area contributed by atoms with Crippen LogP contribution in [0.15, 0.2) is 60.8 Å². The molecule has 1 aromatic heterocycles. The molecular formula is C28H34N2O. The maximum atomic E-state index is 13.0. The molecule has 4 rings (SSSR count). The largest absolute Gasteiger partial charge is 0.339 e. The zero-order valence-corrected chi connectivity index (χ0v) is 19.3. The lowest BCUT2D eigenvalue weighted by Gasteiger charge is -2.40. The van der Waals surface area contributed by atoms with Gasteiger partial charge in [-0.2, -0.15) is 0 Å². The van der Waals surface area contributed by atoms with E-state index >= 15 is 0 Å². The molecule has 3 heteroatoms. The predicted octanol–water partition coefficient (Wildman–Crippen LogP) is 6.10. The van der Waals surface area contributed by atoms with Crippen molar-refractivity contribution in [3.05, 3.63) is 88.7 Å². The summed E-state index contributed by atoms with van der Waals surface area (Å²) in [6.45, 7) is 10.4. The van der Waals surface area contributed by atoms with E-state index in [4.69, 9.17) is 0 Å². The third-order valence-electron chi connectivity index (χ3n) is 7.01. The topological polar surface area (TPSA) is 25.2 Å². The molecule has 1 aliphatic rings. The van der Waals surface area contributed by atoms with Crippen LogP contribution in [0.4, 0.5) is 0 Å². The highest BCUT2D eigenvalue weighted by atomic mass is 16.2. The summed E-state index contributed by atoms with van der Waals surface area (Å²) in [7, 11) is 0. The van der Waals surface area contributed by atoms with E-state index in [9.17, 15) is 4.79 Å². The van der Waals surface area contributed by atoms with Crippen molar-refractivity contribution < 1.29 is 4.79 Å². The quantitative estimate of drug-likeness (QED) is 0.495. The molecule has 3 aromatic rings. The minimum Gasteiger partial charge on any atom is -0.339 e. The van der Waals surface area contributed by atoms with E-state index in [1.807, 2.05) is 29.2 Å². The number of piperidine rings is 1. The first-order valence-electron chi connectivity index (χ1n) is 11.6. The van der Waals surface area contributed by atoms with E-state index in [1.54, 1.807) is 0 Å². The first-order valence-corrected chi connectivity index (χ1v) is 11.6. The van der Waals surface area contributed by atoms with Crippen molar-refractivity contribution in [2.75, 3.05) is 13.1 Å². The van der Waals surface area contributed by atoms with Crippen LogP contribution >= 0.6 is 0 Å². The Balaban J connectivity index is 1.55. The van der Waals surface area contributed by atoms with Gasteiger partial charge in [-0.05, 0) is 74.1 Å². The van der Waals surface area contributed by atoms with Crippen LogP contribution < -0.4 is 0 Å². The Labute approximate surface area is 186 Å². The van der Waals surface area contributed by atoms with Gasteiger partial charge in [-0.25, -0.2) is 0 Å². The molecular weight excluding hydrogens is 380 g/mol. The lowest BCUT2D eigenvalue weighted by molar-refractivity contribution is 0.0673. The molecule has 1 saturated heterocycles. The fourth-order valence-corrected chi connectivity index (χ4v) is 4.80. The monoisotopic (exact) mass is 414 g/mol. The number of nitrogens with zero attached hydrogens (tertiary/aromatic N) is 2. The summed E-state index contributed by atoms with van der Waals surface area (Å²) in [5, 5.41) is 0. The fourth-order valence-electron chi connectivity index (χ4n) is 4.80. The van der Waals surface area contributed by atoms with Crippen LogP contribution in [0.2, 0.25) is 0 Å². The van der Waals surface area contributed by atoms with E-state index in [0.29, 0.717) is 0 Å². The van der Waals surface area contributed by atoms with Crippen LogP contribution in [0, 0.1) is 6.92 Å². The van der Waals surface area contributed by atoms with Gasteiger partial charge in [0.15, 0.2) is 0 Å². The Kier molecular flexibility index (Phi) is 6.04. The Hall–Kier alpha value is -2.81. The Morgan fingerprint density at radius 2 is 1.68 bits per heavy atom. The first kappa shape index (κ1) is 21.4. The molecule has 0 saturated carbocycles. The average molecular weight is 415 g/mol. The first-order chi connectivity index (χ1) is 14.9. The number of rotatable bonds is 5. The van der Waals surface area contributed by atoms with Gasteiger partial charge in [0.2, 0.25) is 0 Å². The second kappa shape index (κ2) is 8.74. The molecule has 1 amide bonds. The lowest BCUT2D eigenvalue weighted by Crippen LogP contribution is -2.44. The van der Waals surface area contributed by atoms with E-state index < -0.39 is 0 Å². The molecule has 0 spiro atoms. The van der Waals surface area contributed by atoms with Crippen molar-refractivity contribution in [3.8, 4) is 5.69 Å². The van der Waals surface area contributed by atoms with Crippen LogP contribution in [0.25, 0.3) is 5.69 Å². The van der Waals surface area contributed by atoms with Crippen molar-refractivity contribution in [3.63, 3.8) is 0 Å². The van der Waals surface area contributed by atoms with Crippen LogP contribution in [0.3, 0.4) is 0 Å². The highest BCUT2D eigenvalue weighted by Gasteiger charge is 2.35. The molecule has 0 aliphatic carbocycles. The zero-order valence-electron chi connectivity index (χ0n) is 19.3. The maximum Gasteiger partial charge on any atom is 0.253 e. The second-order valence-electron chi connectivity index (χ2n) is 9.15. The van der Waals surface area contributed by atoms with E-state index in [0.717, 1.165) is 44.3 Å². The number of likely N-dealkylation sites (tertiary alicyclic amines) is 1. The van der Waals surface area contributed by atoms with Gasteiger partial charge in [0.1, 0.15) is 0 Å².